The molecule has 8 heteroatoms. The van der Waals surface area contributed by atoms with E-state index in [1.165, 1.54) is 37.4 Å². The van der Waals surface area contributed by atoms with Gasteiger partial charge in [0.25, 0.3) is 0 Å². The van der Waals surface area contributed by atoms with E-state index in [1.54, 1.807) is 24.3 Å². The molecule has 3 aromatic rings. The van der Waals surface area contributed by atoms with Crippen molar-refractivity contribution in [3.63, 3.8) is 0 Å². The van der Waals surface area contributed by atoms with Crippen LogP contribution in [0.1, 0.15) is 13.0 Å². The fraction of sp³-hybridized carbons (Fsp3) is 0.111. The van der Waals surface area contributed by atoms with E-state index in [2.05, 4.69) is 15.4 Å². The highest BCUT2D eigenvalue weighted by Crippen LogP contribution is 2.18. The highest BCUT2D eigenvalue weighted by Gasteiger charge is 2.18. The smallest absolute Gasteiger partial charge is 0.324 e. The summed E-state index contributed by atoms with van der Waals surface area (Å²) in [5.41, 5.74) is 0.838. The molecule has 1 aromatic heterocycles. The normalized spacial score (nSPS) is 11.8. The van der Waals surface area contributed by atoms with Crippen LogP contribution in [-0.2, 0) is 4.79 Å². The topological polar surface area (TPSA) is 76.9 Å². The predicted molar refractivity (Wildman–Crippen MR) is 96.5 cm³/mol. The molecule has 0 saturated heterocycles. The molecule has 0 fully saturated rings. The number of nitrogens with one attached hydrogen (secondary N) is 1. The van der Waals surface area contributed by atoms with E-state index in [0.717, 1.165) is 4.68 Å². The summed E-state index contributed by atoms with van der Waals surface area (Å²) < 4.78 is 13.9. The molecule has 132 valence electrons. The van der Waals surface area contributed by atoms with Crippen LogP contribution in [0.4, 0.5) is 10.1 Å². The van der Waals surface area contributed by atoms with Crippen LogP contribution in [0.25, 0.3) is 11.3 Å². The van der Waals surface area contributed by atoms with Gasteiger partial charge in [0.05, 0.1) is 11.9 Å². The van der Waals surface area contributed by atoms with Crippen molar-refractivity contribution in [1.82, 2.24) is 14.8 Å². The number of carbonyl (C=O) groups is 1. The molecule has 2 aromatic carbocycles. The molecule has 1 heterocycles. The quantitative estimate of drug-likeness (QED) is 0.762. The van der Waals surface area contributed by atoms with Crippen molar-refractivity contribution in [3.8, 4) is 11.3 Å². The first-order chi connectivity index (χ1) is 12.4. The maximum atomic E-state index is 12.9. The zero-order valence-corrected chi connectivity index (χ0v) is 14.4. The van der Waals surface area contributed by atoms with Crippen LogP contribution in [-0.4, -0.2) is 20.7 Å². The lowest BCUT2D eigenvalue weighted by Gasteiger charge is -2.13. The van der Waals surface area contributed by atoms with Crippen molar-refractivity contribution in [2.24, 2.45) is 0 Å². The second-order valence-corrected chi connectivity index (χ2v) is 5.98. The maximum Gasteiger partial charge on any atom is 0.365 e. The zero-order chi connectivity index (χ0) is 18.7. The van der Waals surface area contributed by atoms with Crippen LogP contribution in [0.3, 0.4) is 0 Å². The van der Waals surface area contributed by atoms with Gasteiger partial charge in [-0.05, 0) is 43.3 Å². The first kappa shape index (κ1) is 17.8. The molecule has 0 bridgehead atoms. The minimum Gasteiger partial charge on any atom is -0.324 e. The van der Waals surface area contributed by atoms with Gasteiger partial charge in [-0.2, -0.15) is 10.1 Å². The summed E-state index contributed by atoms with van der Waals surface area (Å²) in [5, 5.41) is 7.21. The number of hydrogen-bond acceptors (Lipinski definition) is 4. The van der Waals surface area contributed by atoms with Crippen LogP contribution in [0, 0.1) is 5.82 Å². The van der Waals surface area contributed by atoms with Crippen molar-refractivity contribution in [3.05, 3.63) is 76.1 Å². The average molecular weight is 373 g/mol. The van der Waals surface area contributed by atoms with Gasteiger partial charge in [0.15, 0.2) is 0 Å². The Labute approximate surface area is 153 Å². The summed E-state index contributed by atoms with van der Waals surface area (Å²) in [7, 11) is 0. The maximum absolute atomic E-state index is 12.9. The number of rotatable bonds is 4. The first-order valence-electron chi connectivity index (χ1n) is 7.72. The molecule has 0 saturated carbocycles. The number of aromatic nitrogens is 3. The molecular formula is C18H14ClFN4O2. The van der Waals surface area contributed by atoms with E-state index in [4.69, 9.17) is 11.6 Å². The Morgan fingerprint density at radius 1 is 1.15 bits per heavy atom. The Balaban J connectivity index is 1.79. The Kier molecular flexibility index (Phi) is 5.09. The Morgan fingerprint density at radius 3 is 2.42 bits per heavy atom. The molecule has 6 nitrogen and oxygen atoms in total. The summed E-state index contributed by atoms with van der Waals surface area (Å²) in [5.74, 6) is -0.872. The van der Waals surface area contributed by atoms with Crippen LogP contribution < -0.4 is 11.0 Å². The van der Waals surface area contributed by atoms with Gasteiger partial charge in [0.2, 0.25) is 5.91 Å². The Morgan fingerprint density at radius 2 is 1.81 bits per heavy atom. The van der Waals surface area contributed by atoms with Gasteiger partial charge in [0.1, 0.15) is 11.9 Å². The molecule has 1 N–H and O–H groups in total. The van der Waals surface area contributed by atoms with Crippen molar-refractivity contribution >= 4 is 23.2 Å². The summed E-state index contributed by atoms with van der Waals surface area (Å²) in [6, 6.07) is 11.2. The number of halogens is 2. The zero-order valence-electron chi connectivity index (χ0n) is 13.7. The summed E-state index contributed by atoms with van der Waals surface area (Å²) in [6.45, 7) is 1.52. The van der Waals surface area contributed by atoms with Gasteiger partial charge in [-0.25, -0.2) is 13.9 Å². The van der Waals surface area contributed by atoms with Crippen LogP contribution in [0.15, 0.2) is 59.5 Å². The number of amides is 1. The van der Waals surface area contributed by atoms with E-state index in [-0.39, 0.29) is 0 Å². The van der Waals surface area contributed by atoms with Crippen LogP contribution in [0.2, 0.25) is 5.02 Å². The fourth-order valence-electron chi connectivity index (χ4n) is 2.27. The van der Waals surface area contributed by atoms with E-state index in [0.29, 0.717) is 22.0 Å². The number of carbonyl (C=O) groups excluding carboxylic acids is 1. The minimum absolute atomic E-state index is 0.383. The minimum atomic E-state index is -0.890. The SMILES string of the molecule is C[C@@H](C(=O)Nc1ccc(F)cc1)n1ncc(-c2ccc(Cl)cc2)nc1=O. The number of nitrogens with zero attached hydrogens (tertiary/aromatic N) is 3. The molecule has 1 amide bonds. The Bertz CT molecular complexity index is 987. The Hall–Kier alpha value is -3.06. The van der Waals surface area contributed by atoms with Crippen LogP contribution in [0.5, 0.6) is 0 Å². The molecular weight excluding hydrogens is 359 g/mol. The lowest BCUT2D eigenvalue weighted by molar-refractivity contribution is -0.119. The van der Waals surface area contributed by atoms with Crippen molar-refractivity contribution in [1.29, 1.82) is 0 Å². The lowest BCUT2D eigenvalue weighted by Crippen LogP contribution is -2.34. The van der Waals surface area contributed by atoms with Crippen molar-refractivity contribution < 1.29 is 9.18 Å². The number of benzene rings is 2. The van der Waals surface area contributed by atoms with E-state index in [1.807, 2.05) is 0 Å². The van der Waals surface area contributed by atoms with E-state index in [9.17, 15) is 14.0 Å². The molecule has 0 radical (unpaired) electrons. The third-order valence-electron chi connectivity index (χ3n) is 3.71. The second kappa shape index (κ2) is 7.45. The molecule has 0 aliphatic heterocycles. The van der Waals surface area contributed by atoms with E-state index >= 15 is 0 Å². The van der Waals surface area contributed by atoms with Gasteiger partial charge in [0, 0.05) is 16.3 Å². The summed E-state index contributed by atoms with van der Waals surface area (Å²) in [6.07, 6.45) is 1.41. The molecule has 0 aliphatic carbocycles. The number of anilines is 1. The molecule has 0 unspecified atom stereocenters. The largest absolute Gasteiger partial charge is 0.365 e. The van der Waals surface area contributed by atoms with Crippen LogP contribution >= 0.6 is 11.6 Å². The third kappa shape index (κ3) is 3.94. The molecule has 0 aliphatic rings. The first-order valence-corrected chi connectivity index (χ1v) is 8.10. The highest BCUT2D eigenvalue weighted by atomic mass is 35.5. The van der Waals surface area contributed by atoms with Gasteiger partial charge < -0.3 is 5.32 Å². The molecule has 0 spiro atoms. The molecule has 1 atom stereocenters. The van der Waals surface area contributed by atoms with Gasteiger partial charge in [-0.1, -0.05) is 23.7 Å². The van der Waals surface area contributed by atoms with Crippen molar-refractivity contribution in [2.75, 3.05) is 5.32 Å². The fourth-order valence-corrected chi connectivity index (χ4v) is 2.39. The van der Waals surface area contributed by atoms with Gasteiger partial charge in [-0.15, -0.1) is 0 Å². The van der Waals surface area contributed by atoms with Gasteiger partial charge in [-0.3, -0.25) is 4.79 Å². The average Bonchev–Trinajstić information content (AvgIpc) is 2.63. The van der Waals surface area contributed by atoms with Gasteiger partial charge >= 0.3 is 5.69 Å². The van der Waals surface area contributed by atoms with Crippen molar-refractivity contribution in [2.45, 2.75) is 13.0 Å². The predicted octanol–water partition coefficient (Wildman–Crippen LogP) is 3.30. The second-order valence-electron chi connectivity index (χ2n) is 5.55. The highest BCUT2D eigenvalue weighted by molar-refractivity contribution is 6.30. The monoisotopic (exact) mass is 372 g/mol. The van der Waals surface area contributed by atoms with E-state index < -0.39 is 23.5 Å². The standard InChI is InChI=1S/C18H14ClFN4O2/c1-11(17(25)22-15-8-6-14(20)7-9-15)24-18(26)23-16(10-21-24)12-2-4-13(19)5-3-12/h2-11H,1H3,(H,22,25)/t11-/m0/s1. The number of hydrogen-bond donors (Lipinski definition) is 1. The summed E-state index contributed by atoms with van der Waals surface area (Å²) in [4.78, 5) is 28.5. The molecule has 26 heavy (non-hydrogen) atoms. The lowest BCUT2D eigenvalue weighted by atomic mass is 10.2. The summed E-state index contributed by atoms with van der Waals surface area (Å²) >= 11 is 5.84. The third-order valence-corrected chi connectivity index (χ3v) is 3.97. The molecule has 3 rings (SSSR count).